The van der Waals surface area contributed by atoms with Crippen molar-refractivity contribution in [3.63, 3.8) is 0 Å². The second-order valence-corrected chi connectivity index (χ2v) is 7.98. The number of oxazole rings is 1. The number of carbonyl (C=O) groups is 1. The Bertz CT molecular complexity index is 936. The van der Waals surface area contributed by atoms with Gasteiger partial charge in [0.2, 0.25) is 11.8 Å². The first-order valence-corrected chi connectivity index (χ1v) is 9.99. The summed E-state index contributed by atoms with van der Waals surface area (Å²) in [6, 6.07) is 9.70. The number of ether oxygens (including phenoxy) is 1. The van der Waals surface area contributed by atoms with Crippen LogP contribution in [0, 0.1) is 6.92 Å². The van der Waals surface area contributed by atoms with Crippen molar-refractivity contribution in [1.82, 2.24) is 10.3 Å². The lowest BCUT2D eigenvalue weighted by atomic mass is 10.0. The van der Waals surface area contributed by atoms with E-state index in [4.69, 9.17) is 9.15 Å². The number of fused-ring (bicyclic) bond motifs is 1. The van der Waals surface area contributed by atoms with E-state index in [0.29, 0.717) is 24.0 Å². The molecule has 0 spiro atoms. The van der Waals surface area contributed by atoms with E-state index in [2.05, 4.69) is 26.2 Å². The summed E-state index contributed by atoms with van der Waals surface area (Å²) in [7, 11) is 0. The van der Waals surface area contributed by atoms with Crippen LogP contribution in [0.5, 0.6) is 5.75 Å². The molecule has 5 nitrogen and oxygen atoms in total. The van der Waals surface area contributed by atoms with Gasteiger partial charge in [-0.3, -0.25) is 4.79 Å². The number of halogens is 1. The van der Waals surface area contributed by atoms with Crippen molar-refractivity contribution in [2.75, 3.05) is 6.61 Å². The maximum absolute atomic E-state index is 12.6. The first-order valence-electron chi connectivity index (χ1n) is 8.32. The minimum absolute atomic E-state index is 0.0623. The molecule has 0 aliphatic carbocycles. The van der Waals surface area contributed by atoms with Crippen molar-refractivity contribution in [3.05, 3.63) is 57.2 Å². The zero-order chi connectivity index (χ0) is 18.1. The summed E-state index contributed by atoms with van der Waals surface area (Å²) >= 11 is 5.04. The number of thiophene rings is 1. The standard InChI is InChI=1S/C19H17BrN2O3S/c1-11-15(22-19(25-11)17-3-2-8-26-17)10-18(23)21-14-6-7-24-16-5-4-12(20)9-13(14)16/h2-5,8-9,14H,6-7,10H2,1H3,(H,21,23). The van der Waals surface area contributed by atoms with Gasteiger partial charge in [0.1, 0.15) is 11.5 Å². The Morgan fingerprint density at radius 2 is 2.31 bits per heavy atom. The number of nitrogens with one attached hydrogen (secondary N) is 1. The van der Waals surface area contributed by atoms with Gasteiger partial charge in [-0.25, -0.2) is 4.98 Å². The van der Waals surface area contributed by atoms with Crippen molar-refractivity contribution in [1.29, 1.82) is 0 Å². The van der Waals surface area contributed by atoms with Gasteiger partial charge in [-0.15, -0.1) is 11.3 Å². The molecule has 0 fully saturated rings. The molecule has 1 amide bonds. The third-order valence-electron chi connectivity index (χ3n) is 4.30. The van der Waals surface area contributed by atoms with Crippen LogP contribution in [0.1, 0.15) is 29.5 Å². The highest BCUT2D eigenvalue weighted by Crippen LogP contribution is 2.34. The van der Waals surface area contributed by atoms with Gasteiger partial charge in [0.15, 0.2) is 0 Å². The minimum Gasteiger partial charge on any atom is -0.493 e. The quantitative estimate of drug-likeness (QED) is 0.650. The van der Waals surface area contributed by atoms with Gasteiger partial charge < -0.3 is 14.5 Å². The van der Waals surface area contributed by atoms with Gasteiger partial charge in [0, 0.05) is 16.5 Å². The van der Waals surface area contributed by atoms with Crippen LogP contribution in [0.15, 0.2) is 44.6 Å². The monoisotopic (exact) mass is 432 g/mol. The summed E-state index contributed by atoms with van der Waals surface area (Å²) in [5, 5.41) is 5.08. The molecule has 2 aromatic heterocycles. The van der Waals surface area contributed by atoms with Crippen LogP contribution >= 0.6 is 27.3 Å². The molecule has 0 radical (unpaired) electrons. The summed E-state index contributed by atoms with van der Waals surface area (Å²) in [6.07, 6.45) is 0.939. The van der Waals surface area contributed by atoms with Crippen LogP contribution in [0.3, 0.4) is 0 Å². The van der Waals surface area contributed by atoms with Crippen LogP contribution in [0.25, 0.3) is 10.8 Å². The van der Waals surface area contributed by atoms with Crippen molar-refractivity contribution < 1.29 is 13.9 Å². The Labute approximate surface area is 163 Å². The maximum Gasteiger partial charge on any atom is 0.236 e. The third kappa shape index (κ3) is 3.54. The lowest BCUT2D eigenvalue weighted by molar-refractivity contribution is -0.121. The van der Waals surface area contributed by atoms with Gasteiger partial charge in [-0.2, -0.15) is 0 Å². The molecule has 134 valence electrons. The fourth-order valence-electron chi connectivity index (χ4n) is 3.01. The summed E-state index contributed by atoms with van der Waals surface area (Å²) in [6.45, 7) is 2.43. The lowest BCUT2D eigenvalue weighted by Crippen LogP contribution is -2.33. The molecule has 1 aromatic carbocycles. The van der Waals surface area contributed by atoms with E-state index >= 15 is 0 Å². The summed E-state index contributed by atoms with van der Waals surface area (Å²) in [4.78, 5) is 18.0. The number of hydrogen-bond acceptors (Lipinski definition) is 5. The molecular formula is C19H17BrN2O3S. The number of benzene rings is 1. The van der Waals surface area contributed by atoms with Gasteiger partial charge >= 0.3 is 0 Å². The minimum atomic E-state index is -0.0723. The smallest absolute Gasteiger partial charge is 0.236 e. The van der Waals surface area contributed by atoms with Crippen LogP contribution in [0.4, 0.5) is 0 Å². The van der Waals surface area contributed by atoms with E-state index in [1.807, 2.05) is 42.6 Å². The van der Waals surface area contributed by atoms with Gasteiger partial charge in [-0.05, 0) is 36.6 Å². The van der Waals surface area contributed by atoms with Crippen molar-refractivity contribution in [3.8, 4) is 16.5 Å². The van der Waals surface area contributed by atoms with Gasteiger partial charge in [0.05, 0.1) is 29.6 Å². The molecule has 4 rings (SSSR count). The molecule has 3 heterocycles. The molecule has 3 aromatic rings. The molecule has 26 heavy (non-hydrogen) atoms. The molecule has 0 bridgehead atoms. The van der Waals surface area contributed by atoms with E-state index in [-0.39, 0.29) is 18.4 Å². The fraction of sp³-hybridized carbons (Fsp3) is 0.263. The van der Waals surface area contributed by atoms with Crippen molar-refractivity contribution in [2.24, 2.45) is 0 Å². The zero-order valence-corrected chi connectivity index (χ0v) is 16.5. The maximum atomic E-state index is 12.6. The molecule has 1 N–H and O–H groups in total. The zero-order valence-electron chi connectivity index (χ0n) is 14.1. The summed E-state index contributed by atoms with van der Waals surface area (Å²) in [5.41, 5.74) is 1.67. The molecule has 1 unspecified atom stereocenters. The Morgan fingerprint density at radius 3 is 3.12 bits per heavy atom. The number of amides is 1. The Hall–Kier alpha value is -2.12. The van der Waals surface area contributed by atoms with Crippen molar-refractivity contribution in [2.45, 2.75) is 25.8 Å². The molecule has 1 atom stereocenters. The van der Waals surface area contributed by atoms with Crippen LogP contribution < -0.4 is 10.1 Å². The van der Waals surface area contributed by atoms with Crippen LogP contribution in [-0.2, 0) is 11.2 Å². The lowest BCUT2D eigenvalue weighted by Gasteiger charge is -2.26. The average Bonchev–Trinajstić information content (AvgIpc) is 3.26. The van der Waals surface area contributed by atoms with Gasteiger partial charge in [-0.1, -0.05) is 22.0 Å². The number of hydrogen-bond donors (Lipinski definition) is 1. The molecule has 0 saturated heterocycles. The number of aryl methyl sites for hydroxylation is 1. The van der Waals surface area contributed by atoms with Crippen molar-refractivity contribution >= 4 is 33.2 Å². The predicted octanol–water partition coefficient (Wildman–Crippen LogP) is 4.66. The Kier molecular flexibility index (Phi) is 4.82. The molecule has 1 aliphatic heterocycles. The normalized spacial score (nSPS) is 16.0. The Balaban J connectivity index is 1.48. The largest absolute Gasteiger partial charge is 0.493 e. The number of carbonyl (C=O) groups excluding carboxylic acids is 1. The van der Waals surface area contributed by atoms with Gasteiger partial charge in [0.25, 0.3) is 0 Å². The highest BCUT2D eigenvalue weighted by molar-refractivity contribution is 9.10. The van der Waals surface area contributed by atoms with E-state index < -0.39 is 0 Å². The second kappa shape index (κ2) is 7.25. The topological polar surface area (TPSA) is 64.4 Å². The molecule has 7 heteroatoms. The third-order valence-corrected chi connectivity index (χ3v) is 5.65. The molecular weight excluding hydrogens is 416 g/mol. The summed E-state index contributed by atoms with van der Waals surface area (Å²) in [5.74, 6) is 2.00. The molecule has 1 aliphatic rings. The second-order valence-electron chi connectivity index (χ2n) is 6.12. The first kappa shape index (κ1) is 17.3. The predicted molar refractivity (Wildman–Crippen MR) is 103 cm³/mol. The van der Waals surface area contributed by atoms with E-state index in [1.54, 1.807) is 11.3 Å². The SMILES string of the molecule is Cc1oc(-c2cccs2)nc1CC(=O)NC1CCOc2ccc(Br)cc21. The first-order chi connectivity index (χ1) is 12.6. The average molecular weight is 433 g/mol. The van der Waals surface area contributed by atoms with Crippen LogP contribution in [-0.4, -0.2) is 17.5 Å². The highest BCUT2D eigenvalue weighted by atomic mass is 79.9. The van der Waals surface area contributed by atoms with E-state index in [0.717, 1.165) is 27.1 Å². The molecule has 0 saturated carbocycles. The van der Waals surface area contributed by atoms with E-state index in [1.165, 1.54) is 0 Å². The van der Waals surface area contributed by atoms with E-state index in [9.17, 15) is 4.79 Å². The number of rotatable bonds is 4. The number of aromatic nitrogens is 1. The summed E-state index contributed by atoms with van der Waals surface area (Å²) < 4.78 is 12.4. The fourth-order valence-corrected chi connectivity index (χ4v) is 4.04. The Morgan fingerprint density at radius 1 is 1.42 bits per heavy atom. The number of nitrogens with zero attached hydrogens (tertiary/aromatic N) is 1. The highest BCUT2D eigenvalue weighted by Gasteiger charge is 2.24. The van der Waals surface area contributed by atoms with Crippen LogP contribution in [0.2, 0.25) is 0 Å².